The lowest BCUT2D eigenvalue weighted by Gasteiger charge is -2.21. The second-order valence-corrected chi connectivity index (χ2v) is 7.25. The lowest BCUT2D eigenvalue weighted by molar-refractivity contribution is 0.177. The molecule has 0 aliphatic heterocycles. The van der Waals surface area contributed by atoms with Crippen molar-refractivity contribution < 1.29 is 17.6 Å². The van der Waals surface area contributed by atoms with Gasteiger partial charge in [-0.3, -0.25) is 0 Å². The normalized spacial score (nSPS) is 12.0. The van der Waals surface area contributed by atoms with Gasteiger partial charge in [-0.15, -0.1) is 0 Å². The van der Waals surface area contributed by atoms with Gasteiger partial charge in [0, 0.05) is 30.8 Å². The summed E-state index contributed by atoms with van der Waals surface area (Å²) < 4.78 is 36.6. The van der Waals surface area contributed by atoms with Crippen LogP contribution in [0.3, 0.4) is 0 Å². The monoisotopic (exact) mass is 343 g/mol. The molecule has 1 aromatic heterocycles. The van der Waals surface area contributed by atoms with E-state index in [0.717, 1.165) is 5.56 Å². The summed E-state index contributed by atoms with van der Waals surface area (Å²) in [6.07, 6.45) is 3.06. The van der Waals surface area contributed by atoms with Crippen LogP contribution in [0.15, 0.2) is 47.3 Å². The van der Waals surface area contributed by atoms with Gasteiger partial charge in [-0.25, -0.2) is 8.42 Å². The van der Waals surface area contributed by atoms with E-state index >= 15 is 0 Å². The van der Waals surface area contributed by atoms with Crippen molar-refractivity contribution in [3.8, 4) is 0 Å². The van der Waals surface area contributed by atoms with Gasteiger partial charge in [-0.1, -0.05) is 23.7 Å². The third-order valence-corrected chi connectivity index (χ3v) is 5.19. The Morgan fingerprint density at radius 3 is 2.50 bits per heavy atom. The molecule has 0 aliphatic rings. The molecule has 0 radical (unpaired) electrons. The van der Waals surface area contributed by atoms with Crippen LogP contribution in [0.1, 0.15) is 11.1 Å². The highest BCUT2D eigenvalue weighted by Crippen LogP contribution is 2.17. The fraction of sp³-hybridized carbons (Fsp3) is 0.333. The molecule has 0 fully saturated rings. The predicted octanol–water partition coefficient (Wildman–Crippen LogP) is 2.91. The van der Waals surface area contributed by atoms with Crippen LogP contribution in [0, 0.1) is 0 Å². The molecule has 22 heavy (non-hydrogen) atoms. The molecular formula is C15H18ClNO4S. The highest BCUT2D eigenvalue weighted by Gasteiger charge is 2.23. The largest absolute Gasteiger partial charge is 0.472 e. The van der Waals surface area contributed by atoms with E-state index in [0.29, 0.717) is 17.2 Å². The van der Waals surface area contributed by atoms with Crippen LogP contribution in [0.2, 0.25) is 5.02 Å². The maximum Gasteiger partial charge on any atom is 0.218 e. The smallest absolute Gasteiger partial charge is 0.218 e. The summed E-state index contributed by atoms with van der Waals surface area (Å²) in [7, 11) is -1.92. The minimum Gasteiger partial charge on any atom is -0.472 e. The number of sulfonamides is 1. The van der Waals surface area contributed by atoms with Crippen LogP contribution in [0.25, 0.3) is 0 Å². The molecule has 2 rings (SSSR count). The Morgan fingerprint density at radius 2 is 1.91 bits per heavy atom. The highest BCUT2D eigenvalue weighted by atomic mass is 35.5. The molecule has 5 nitrogen and oxygen atoms in total. The summed E-state index contributed by atoms with van der Waals surface area (Å²) in [5.74, 6) is -0.0776. The van der Waals surface area contributed by atoms with Gasteiger partial charge >= 0.3 is 0 Å². The Hall–Kier alpha value is -1.34. The number of nitrogens with zero attached hydrogens (tertiary/aromatic N) is 1. The molecule has 1 aromatic carbocycles. The van der Waals surface area contributed by atoms with Gasteiger partial charge < -0.3 is 9.15 Å². The minimum absolute atomic E-state index is 0.0776. The maximum absolute atomic E-state index is 12.6. The Kier molecular flexibility index (Phi) is 6.02. The second kappa shape index (κ2) is 7.78. The van der Waals surface area contributed by atoms with Crippen LogP contribution < -0.4 is 0 Å². The third kappa shape index (κ3) is 4.84. The fourth-order valence-electron chi connectivity index (χ4n) is 1.98. The van der Waals surface area contributed by atoms with Crippen molar-refractivity contribution in [3.63, 3.8) is 0 Å². The molecule has 0 saturated carbocycles. The van der Waals surface area contributed by atoms with Crippen molar-refractivity contribution in [3.05, 3.63) is 59.0 Å². The van der Waals surface area contributed by atoms with Gasteiger partial charge in [0.05, 0.1) is 24.9 Å². The number of ether oxygens (including phenoxy) is 1. The van der Waals surface area contributed by atoms with Gasteiger partial charge in [0.1, 0.15) is 0 Å². The van der Waals surface area contributed by atoms with Gasteiger partial charge in [-0.2, -0.15) is 4.31 Å². The SMILES string of the molecule is COCCN(Cc1ccoc1)S(=O)(=O)Cc1ccc(Cl)cc1. The molecule has 0 aliphatic carbocycles. The van der Waals surface area contributed by atoms with E-state index in [1.54, 1.807) is 37.4 Å². The molecule has 0 spiro atoms. The number of hydrogen-bond acceptors (Lipinski definition) is 4. The van der Waals surface area contributed by atoms with E-state index in [4.69, 9.17) is 20.8 Å². The number of furan rings is 1. The summed E-state index contributed by atoms with van der Waals surface area (Å²) in [6, 6.07) is 8.54. The summed E-state index contributed by atoms with van der Waals surface area (Å²) in [5.41, 5.74) is 1.50. The van der Waals surface area contributed by atoms with E-state index in [1.165, 1.54) is 16.8 Å². The third-order valence-electron chi connectivity index (χ3n) is 3.14. The zero-order valence-electron chi connectivity index (χ0n) is 12.2. The van der Waals surface area contributed by atoms with Crippen LogP contribution in [0.4, 0.5) is 0 Å². The Balaban J connectivity index is 2.14. The average molecular weight is 344 g/mol. The first kappa shape index (κ1) is 17.0. The number of benzene rings is 1. The van der Waals surface area contributed by atoms with Crippen molar-refractivity contribution in [2.45, 2.75) is 12.3 Å². The summed E-state index contributed by atoms with van der Waals surface area (Å²) in [4.78, 5) is 0. The average Bonchev–Trinajstić information content (AvgIpc) is 2.98. The predicted molar refractivity (Wildman–Crippen MR) is 85.1 cm³/mol. The quantitative estimate of drug-likeness (QED) is 0.739. The molecular weight excluding hydrogens is 326 g/mol. The number of hydrogen-bond donors (Lipinski definition) is 0. The van der Waals surface area contributed by atoms with E-state index in [-0.39, 0.29) is 18.8 Å². The van der Waals surface area contributed by atoms with Crippen LogP contribution >= 0.6 is 11.6 Å². The molecule has 0 bridgehead atoms. The van der Waals surface area contributed by atoms with Gasteiger partial charge in [0.2, 0.25) is 10.0 Å². The van der Waals surface area contributed by atoms with Gasteiger partial charge in [-0.05, 0) is 23.8 Å². The van der Waals surface area contributed by atoms with E-state index in [9.17, 15) is 8.42 Å². The standard InChI is InChI=1S/C15H18ClNO4S/c1-20-9-7-17(10-14-6-8-21-11-14)22(18,19)12-13-2-4-15(16)5-3-13/h2-6,8,11H,7,9-10,12H2,1H3. The highest BCUT2D eigenvalue weighted by molar-refractivity contribution is 7.88. The van der Waals surface area contributed by atoms with E-state index in [1.807, 2.05) is 0 Å². The molecule has 1 heterocycles. The number of halogens is 1. The van der Waals surface area contributed by atoms with Gasteiger partial charge in [0.15, 0.2) is 0 Å². The van der Waals surface area contributed by atoms with Crippen LogP contribution in [-0.2, 0) is 27.1 Å². The zero-order valence-corrected chi connectivity index (χ0v) is 13.8. The molecule has 0 amide bonds. The molecule has 0 atom stereocenters. The lowest BCUT2D eigenvalue weighted by atomic mass is 10.2. The molecule has 2 aromatic rings. The number of rotatable bonds is 8. The first-order valence-corrected chi connectivity index (χ1v) is 8.72. The maximum atomic E-state index is 12.6. The zero-order chi connectivity index (χ0) is 16.0. The lowest BCUT2D eigenvalue weighted by Crippen LogP contribution is -2.34. The molecule has 120 valence electrons. The van der Waals surface area contributed by atoms with Crippen molar-refractivity contribution in [2.75, 3.05) is 20.3 Å². The van der Waals surface area contributed by atoms with Crippen LogP contribution in [0.5, 0.6) is 0 Å². The summed E-state index contributed by atoms with van der Waals surface area (Å²) in [5, 5.41) is 0.579. The molecule has 0 unspecified atom stereocenters. The van der Waals surface area contributed by atoms with Crippen molar-refractivity contribution >= 4 is 21.6 Å². The van der Waals surface area contributed by atoms with Crippen molar-refractivity contribution in [1.82, 2.24) is 4.31 Å². The van der Waals surface area contributed by atoms with Crippen molar-refractivity contribution in [1.29, 1.82) is 0 Å². The topological polar surface area (TPSA) is 59.8 Å². The Labute approximate surface area is 135 Å². The van der Waals surface area contributed by atoms with Gasteiger partial charge in [0.25, 0.3) is 0 Å². The Bertz CT molecular complexity index is 668. The minimum atomic E-state index is -3.47. The molecule has 0 N–H and O–H groups in total. The summed E-state index contributed by atoms with van der Waals surface area (Å²) >= 11 is 5.82. The summed E-state index contributed by atoms with van der Waals surface area (Å²) in [6.45, 7) is 0.880. The Morgan fingerprint density at radius 1 is 1.18 bits per heavy atom. The molecule has 0 saturated heterocycles. The fourth-order valence-corrected chi connectivity index (χ4v) is 3.60. The molecule has 7 heteroatoms. The first-order valence-electron chi connectivity index (χ1n) is 6.73. The van der Waals surface area contributed by atoms with Crippen molar-refractivity contribution in [2.24, 2.45) is 0 Å². The number of methoxy groups -OCH3 is 1. The van der Waals surface area contributed by atoms with E-state index < -0.39 is 10.0 Å². The van der Waals surface area contributed by atoms with Crippen LogP contribution in [-0.4, -0.2) is 33.0 Å². The second-order valence-electron chi connectivity index (χ2n) is 4.84. The first-order chi connectivity index (χ1) is 10.5. The van der Waals surface area contributed by atoms with E-state index in [2.05, 4.69) is 0 Å².